The molecule has 0 spiro atoms. The van der Waals surface area contributed by atoms with Crippen molar-refractivity contribution in [3.63, 3.8) is 0 Å². The van der Waals surface area contributed by atoms with Crippen LogP contribution in [-0.4, -0.2) is 11.8 Å². The van der Waals surface area contributed by atoms with Crippen LogP contribution in [0.1, 0.15) is 44.4 Å². The maximum atomic E-state index is 13.5. The van der Waals surface area contributed by atoms with E-state index in [2.05, 4.69) is 10.6 Å². The molecule has 170 valence electrons. The normalized spacial score (nSPS) is 12.1. The van der Waals surface area contributed by atoms with Crippen LogP contribution in [0.2, 0.25) is 0 Å². The van der Waals surface area contributed by atoms with Crippen molar-refractivity contribution in [1.82, 2.24) is 10.6 Å². The molecule has 1 atom stereocenters. The third kappa shape index (κ3) is 5.51. The van der Waals surface area contributed by atoms with Gasteiger partial charge in [-0.15, -0.1) is 0 Å². The minimum Gasteiger partial charge on any atom is -0.465 e. The van der Waals surface area contributed by atoms with E-state index in [1.165, 1.54) is 12.3 Å². The molecule has 0 unspecified atom stereocenters. The standard InChI is InChI=1S/C29H26N2O3/c1-20-14-16-23(17-15-20)28(32)30-26(19-24-12-8-18-34-24)29(33)31-27(22-10-4-3-5-11-22)25-13-7-6-9-21(25)2/h3-19,27H,1-2H3,(H,30,32)(H,31,33)/b26-19-/t27-/m0/s1. The van der Waals surface area contributed by atoms with E-state index in [9.17, 15) is 9.59 Å². The quantitative estimate of drug-likeness (QED) is 0.362. The molecule has 0 aliphatic rings. The SMILES string of the molecule is Cc1ccc(C(=O)N/C(=C\c2ccco2)C(=O)N[C@@H](c2ccccc2)c2ccccc2C)cc1. The van der Waals surface area contributed by atoms with Crippen LogP contribution in [0, 0.1) is 13.8 Å². The predicted molar refractivity (Wildman–Crippen MR) is 133 cm³/mol. The third-order valence-electron chi connectivity index (χ3n) is 5.54. The smallest absolute Gasteiger partial charge is 0.268 e. The van der Waals surface area contributed by atoms with Gasteiger partial charge in [-0.1, -0.05) is 72.3 Å². The van der Waals surface area contributed by atoms with Gasteiger partial charge in [0.1, 0.15) is 11.5 Å². The Bertz CT molecular complexity index is 1290. The van der Waals surface area contributed by atoms with Crippen molar-refractivity contribution in [2.45, 2.75) is 19.9 Å². The van der Waals surface area contributed by atoms with Gasteiger partial charge in [-0.2, -0.15) is 0 Å². The first kappa shape index (κ1) is 22.8. The molecule has 1 heterocycles. The van der Waals surface area contributed by atoms with Crippen molar-refractivity contribution in [3.05, 3.63) is 137 Å². The maximum absolute atomic E-state index is 13.5. The Morgan fingerprint density at radius 2 is 1.53 bits per heavy atom. The van der Waals surface area contributed by atoms with E-state index in [1.807, 2.05) is 80.6 Å². The molecule has 5 nitrogen and oxygen atoms in total. The fourth-order valence-electron chi connectivity index (χ4n) is 3.68. The Hall–Kier alpha value is -4.38. The van der Waals surface area contributed by atoms with Crippen LogP contribution >= 0.6 is 0 Å². The second kappa shape index (κ2) is 10.5. The van der Waals surface area contributed by atoms with E-state index in [4.69, 9.17) is 4.42 Å². The summed E-state index contributed by atoms with van der Waals surface area (Å²) in [4.78, 5) is 26.4. The molecule has 34 heavy (non-hydrogen) atoms. The molecular formula is C29H26N2O3. The molecule has 0 aliphatic heterocycles. The number of rotatable bonds is 7. The Morgan fingerprint density at radius 3 is 2.21 bits per heavy atom. The number of hydrogen-bond donors (Lipinski definition) is 2. The first-order valence-electron chi connectivity index (χ1n) is 11.1. The Kier molecular flexibility index (Phi) is 7.04. The molecule has 3 aromatic carbocycles. The van der Waals surface area contributed by atoms with Crippen molar-refractivity contribution in [2.75, 3.05) is 0 Å². The zero-order valence-corrected chi connectivity index (χ0v) is 19.1. The highest BCUT2D eigenvalue weighted by Crippen LogP contribution is 2.25. The van der Waals surface area contributed by atoms with Crippen LogP contribution in [0.5, 0.6) is 0 Å². The minimum atomic E-state index is -0.422. The molecule has 5 heteroatoms. The predicted octanol–water partition coefficient (Wildman–Crippen LogP) is 5.57. The van der Waals surface area contributed by atoms with Gasteiger partial charge in [-0.3, -0.25) is 9.59 Å². The van der Waals surface area contributed by atoms with Crippen LogP contribution in [0.25, 0.3) is 6.08 Å². The number of aryl methyl sites for hydroxylation is 2. The number of furan rings is 1. The molecule has 0 fully saturated rings. The highest BCUT2D eigenvalue weighted by atomic mass is 16.3. The first-order valence-corrected chi connectivity index (χ1v) is 11.1. The highest BCUT2D eigenvalue weighted by Gasteiger charge is 2.22. The zero-order chi connectivity index (χ0) is 23.9. The second-order valence-corrected chi connectivity index (χ2v) is 8.07. The summed E-state index contributed by atoms with van der Waals surface area (Å²) >= 11 is 0. The number of nitrogens with one attached hydrogen (secondary N) is 2. The van der Waals surface area contributed by atoms with E-state index in [-0.39, 0.29) is 11.6 Å². The monoisotopic (exact) mass is 450 g/mol. The molecule has 0 saturated heterocycles. The average molecular weight is 451 g/mol. The van der Waals surface area contributed by atoms with Crippen molar-refractivity contribution >= 4 is 17.9 Å². The van der Waals surface area contributed by atoms with E-state index in [0.717, 1.165) is 22.3 Å². The van der Waals surface area contributed by atoms with Crippen LogP contribution in [0.4, 0.5) is 0 Å². The molecular weight excluding hydrogens is 424 g/mol. The summed E-state index contributed by atoms with van der Waals surface area (Å²) in [5, 5.41) is 5.87. The van der Waals surface area contributed by atoms with E-state index in [1.54, 1.807) is 24.3 Å². The zero-order valence-electron chi connectivity index (χ0n) is 19.1. The van der Waals surface area contributed by atoms with Gasteiger partial charge in [0.2, 0.25) is 0 Å². The number of benzene rings is 3. The molecule has 2 amide bonds. The van der Waals surface area contributed by atoms with Gasteiger partial charge in [-0.05, 0) is 54.8 Å². The lowest BCUT2D eigenvalue weighted by Crippen LogP contribution is -2.37. The summed E-state index contributed by atoms with van der Waals surface area (Å²) < 4.78 is 5.40. The van der Waals surface area contributed by atoms with Gasteiger partial charge in [0.25, 0.3) is 11.8 Å². The largest absolute Gasteiger partial charge is 0.465 e. The Morgan fingerprint density at radius 1 is 0.824 bits per heavy atom. The second-order valence-electron chi connectivity index (χ2n) is 8.07. The fourth-order valence-corrected chi connectivity index (χ4v) is 3.68. The number of carbonyl (C=O) groups is 2. The summed E-state index contributed by atoms with van der Waals surface area (Å²) in [6.07, 6.45) is 3.05. The summed E-state index contributed by atoms with van der Waals surface area (Å²) in [6.45, 7) is 3.96. The number of amides is 2. The molecule has 0 radical (unpaired) electrons. The lowest BCUT2D eigenvalue weighted by atomic mass is 9.95. The topological polar surface area (TPSA) is 71.3 Å². The van der Waals surface area contributed by atoms with Crippen LogP contribution < -0.4 is 10.6 Å². The molecule has 0 aliphatic carbocycles. The van der Waals surface area contributed by atoms with Gasteiger partial charge in [0.15, 0.2) is 0 Å². The van der Waals surface area contributed by atoms with Crippen LogP contribution in [0.15, 0.2) is 107 Å². The van der Waals surface area contributed by atoms with Crippen molar-refractivity contribution < 1.29 is 14.0 Å². The molecule has 4 aromatic rings. The molecule has 0 bridgehead atoms. The fraction of sp³-hybridized carbons (Fsp3) is 0.103. The average Bonchev–Trinajstić information content (AvgIpc) is 3.37. The number of hydrogen-bond acceptors (Lipinski definition) is 3. The van der Waals surface area contributed by atoms with Gasteiger partial charge in [-0.25, -0.2) is 0 Å². The molecule has 4 rings (SSSR count). The van der Waals surface area contributed by atoms with Crippen LogP contribution in [-0.2, 0) is 4.79 Å². The van der Waals surface area contributed by atoms with Crippen LogP contribution in [0.3, 0.4) is 0 Å². The van der Waals surface area contributed by atoms with Crippen molar-refractivity contribution in [1.29, 1.82) is 0 Å². The van der Waals surface area contributed by atoms with Gasteiger partial charge in [0.05, 0.1) is 12.3 Å². The Labute approximate surface area is 199 Å². The molecule has 2 N–H and O–H groups in total. The van der Waals surface area contributed by atoms with Gasteiger partial charge >= 0.3 is 0 Å². The maximum Gasteiger partial charge on any atom is 0.268 e. The van der Waals surface area contributed by atoms with Gasteiger partial charge < -0.3 is 15.1 Å². The van der Waals surface area contributed by atoms with E-state index in [0.29, 0.717) is 11.3 Å². The third-order valence-corrected chi connectivity index (χ3v) is 5.54. The Balaban J connectivity index is 1.66. The highest BCUT2D eigenvalue weighted by molar-refractivity contribution is 6.05. The lowest BCUT2D eigenvalue weighted by molar-refractivity contribution is -0.118. The summed E-state index contributed by atoms with van der Waals surface area (Å²) in [5.41, 5.74) is 4.57. The van der Waals surface area contributed by atoms with Gasteiger partial charge in [0, 0.05) is 11.6 Å². The first-order chi connectivity index (χ1) is 16.5. The number of carbonyl (C=O) groups excluding carboxylic acids is 2. The molecule has 1 aromatic heterocycles. The van der Waals surface area contributed by atoms with Crippen molar-refractivity contribution in [3.8, 4) is 0 Å². The summed E-state index contributed by atoms with van der Waals surface area (Å²) in [6, 6.07) is 27.9. The summed E-state index contributed by atoms with van der Waals surface area (Å²) in [5.74, 6) is -0.337. The lowest BCUT2D eigenvalue weighted by Gasteiger charge is -2.22. The van der Waals surface area contributed by atoms with Crippen molar-refractivity contribution in [2.24, 2.45) is 0 Å². The minimum absolute atomic E-state index is 0.0926. The van der Waals surface area contributed by atoms with E-state index >= 15 is 0 Å². The summed E-state index contributed by atoms with van der Waals surface area (Å²) in [7, 11) is 0. The molecule has 0 saturated carbocycles. The van der Waals surface area contributed by atoms with E-state index < -0.39 is 11.9 Å².